The van der Waals surface area contributed by atoms with Gasteiger partial charge in [0.25, 0.3) is 0 Å². The van der Waals surface area contributed by atoms with E-state index < -0.39 is 0 Å². The first-order valence-electron chi connectivity index (χ1n) is 7.56. The zero-order valence-electron chi connectivity index (χ0n) is 12.9. The molecule has 0 saturated heterocycles. The van der Waals surface area contributed by atoms with Crippen LogP contribution >= 0.6 is 0 Å². The fourth-order valence-electron chi connectivity index (χ4n) is 3.21. The van der Waals surface area contributed by atoms with Crippen LogP contribution in [0.15, 0.2) is 18.2 Å². The van der Waals surface area contributed by atoms with E-state index in [1.54, 1.807) is 7.11 Å². The van der Waals surface area contributed by atoms with Crippen LogP contribution in [0.1, 0.15) is 39.2 Å². The van der Waals surface area contributed by atoms with Crippen molar-refractivity contribution in [2.45, 2.75) is 51.4 Å². The van der Waals surface area contributed by atoms with Gasteiger partial charge in [-0.2, -0.15) is 0 Å². The van der Waals surface area contributed by atoms with E-state index in [9.17, 15) is 0 Å². The van der Waals surface area contributed by atoms with Gasteiger partial charge in [0.05, 0.1) is 17.7 Å². The van der Waals surface area contributed by atoms with Gasteiger partial charge in [0.15, 0.2) is 0 Å². The summed E-state index contributed by atoms with van der Waals surface area (Å²) in [6.45, 7) is 4.03. The van der Waals surface area contributed by atoms with Crippen molar-refractivity contribution in [2.75, 3.05) is 12.8 Å². The zero-order chi connectivity index (χ0) is 15.0. The number of imidazole rings is 1. The molecule has 0 aliphatic heterocycles. The maximum Gasteiger partial charge on any atom is 0.201 e. The first kappa shape index (κ1) is 14.2. The molecule has 2 aromatic rings. The normalized spacial score (nSPS) is 22.3. The lowest BCUT2D eigenvalue weighted by molar-refractivity contribution is 0.106. The van der Waals surface area contributed by atoms with Crippen molar-refractivity contribution in [2.24, 2.45) is 0 Å². The van der Waals surface area contributed by atoms with Gasteiger partial charge in [0.1, 0.15) is 11.3 Å². The minimum absolute atomic E-state index is 0.117. The summed E-state index contributed by atoms with van der Waals surface area (Å²) in [5.41, 5.74) is 8.08. The van der Waals surface area contributed by atoms with E-state index in [2.05, 4.69) is 15.6 Å². The Kier molecular flexibility index (Phi) is 3.76. The smallest absolute Gasteiger partial charge is 0.201 e. The van der Waals surface area contributed by atoms with Crippen molar-refractivity contribution in [1.82, 2.24) is 9.55 Å². The van der Waals surface area contributed by atoms with Gasteiger partial charge < -0.3 is 19.8 Å². The summed E-state index contributed by atoms with van der Waals surface area (Å²) in [5, 5.41) is 0. The van der Waals surface area contributed by atoms with Crippen LogP contribution in [0, 0.1) is 0 Å². The summed E-state index contributed by atoms with van der Waals surface area (Å²) >= 11 is 0. The van der Waals surface area contributed by atoms with Gasteiger partial charge in [-0.25, -0.2) is 4.98 Å². The summed E-state index contributed by atoms with van der Waals surface area (Å²) in [6, 6.07) is 6.37. The molecule has 0 bridgehead atoms. The van der Waals surface area contributed by atoms with Crippen LogP contribution in [0.25, 0.3) is 11.0 Å². The average Bonchev–Trinajstić information content (AvgIpc) is 3.02. The molecule has 1 aliphatic rings. The van der Waals surface area contributed by atoms with Crippen LogP contribution in [-0.2, 0) is 4.74 Å². The molecule has 5 heteroatoms. The SMILES string of the molecule is COC1CCC(n2c(N)nc3c(OC(C)C)cccc32)C1. The second kappa shape index (κ2) is 5.56. The van der Waals surface area contributed by atoms with E-state index in [4.69, 9.17) is 15.2 Å². The molecule has 114 valence electrons. The van der Waals surface area contributed by atoms with Crippen molar-refractivity contribution in [3.63, 3.8) is 0 Å². The Labute approximate surface area is 125 Å². The first-order valence-corrected chi connectivity index (χ1v) is 7.56. The molecule has 0 spiro atoms. The van der Waals surface area contributed by atoms with Gasteiger partial charge >= 0.3 is 0 Å². The number of rotatable bonds is 4. The second-order valence-electron chi connectivity index (χ2n) is 5.96. The topological polar surface area (TPSA) is 62.3 Å². The van der Waals surface area contributed by atoms with Gasteiger partial charge in [-0.05, 0) is 45.2 Å². The molecule has 2 atom stereocenters. The second-order valence-corrected chi connectivity index (χ2v) is 5.96. The number of methoxy groups -OCH3 is 1. The quantitative estimate of drug-likeness (QED) is 0.939. The molecule has 1 fully saturated rings. The van der Waals surface area contributed by atoms with Gasteiger partial charge in [-0.3, -0.25) is 0 Å². The number of nitrogen functional groups attached to an aromatic ring is 1. The predicted octanol–water partition coefficient (Wildman–Crippen LogP) is 3.15. The van der Waals surface area contributed by atoms with Crippen LogP contribution in [-0.4, -0.2) is 28.9 Å². The Balaban J connectivity index is 2.02. The van der Waals surface area contributed by atoms with Gasteiger partial charge in [-0.1, -0.05) is 6.07 Å². The number of aromatic nitrogens is 2. The number of nitrogens with zero attached hydrogens (tertiary/aromatic N) is 2. The van der Waals surface area contributed by atoms with Crippen LogP contribution in [0.2, 0.25) is 0 Å². The van der Waals surface area contributed by atoms with Crippen molar-refractivity contribution < 1.29 is 9.47 Å². The van der Waals surface area contributed by atoms with E-state index >= 15 is 0 Å². The van der Waals surface area contributed by atoms with Gasteiger partial charge in [0.2, 0.25) is 5.95 Å². The minimum atomic E-state index is 0.117. The Morgan fingerprint density at radius 2 is 2.14 bits per heavy atom. The highest BCUT2D eigenvalue weighted by molar-refractivity contribution is 5.84. The van der Waals surface area contributed by atoms with Crippen molar-refractivity contribution >= 4 is 17.0 Å². The Morgan fingerprint density at radius 1 is 1.33 bits per heavy atom. The number of ether oxygens (including phenoxy) is 2. The summed E-state index contributed by atoms with van der Waals surface area (Å²) < 4.78 is 13.5. The fourth-order valence-corrected chi connectivity index (χ4v) is 3.21. The predicted molar refractivity (Wildman–Crippen MR) is 83.6 cm³/mol. The van der Waals surface area contributed by atoms with E-state index in [0.29, 0.717) is 18.1 Å². The van der Waals surface area contributed by atoms with Crippen LogP contribution in [0.3, 0.4) is 0 Å². The highest BCUT2D eigenvalue weighted by Crippen LogP contribution is 2.37. The summed E-state index contributed by atoms with van der Waals surface area (Å²) in [5.74, 6) is 1.36. The molecule has 1 aliphatic carbocycles. The summed E-state index contributed by atoms with van der Waals surface area (Å²) in [6.07, 6.45) is 3.57. The number of benzene rings is 1. The number of hydrogen-bond donors (Lipinski definition) is 1. The molecule has 0 radical (unpaired) electrons. The van der Waals surface area contributed by atoms with Crippen molar-refractivity contribution in [1.29, 1.82) is 0 Å². The standard InChI is InChI=1S/C16H23N3O2/c1-10(2)21-14-6-4-5-13-15(14)18-16(17)19(13)11-7-8-12(9-11)20-3/h4-6,10-12H,7-9H2,1-3H3,(H2,17,18). The van der Waals surface area contributed by atoms with E-state index in [-0.39, 0.29) is 6.10 Å². The number of fused-ring (bicyclic) bond motifs is 1. The molecule has 1 heterocycles. The average molecular weight is 289 g/mol. The Morgan fingerprint density at radius 3 is 2.81 bits per heavy atom. The Hall–Kier alpha value is -1.75. The first-order chi connectivity index (χ1) is 10.1. The van der Waals surface area contributed by atoms with E-state index in [1.807, 2.05) is 26.0 Å². The molecular formula is C16H23N3O2. The van der Waals surface area contributed by atoms with Gasteiger partial charge in [0, 0.05) is 13.2 Å². The number of para-hydroxylation sites is 1. The minimum Gasteiger partial charge on any atom is -0.489 e. The lowest BCUT2D eigenvalue weighted by Crippen LogP contribution is -2.11. The molecule has 2 unspecified atom stereocenters. The number of anilines is 1. The zero-order valence-corrected chi connectivity index (χ0v) is 12.9. The molecule has 5 nitrogen and oxygen atoms in total. The molecule has 0 amide bonds. The maximum atomic E-state index is 6.18. The molecule has 1 saturated carbocycles. The van der Waals surface area contributed by atoms with Gasteiger partial charge in [-0.15, -0.1) is 0 Å². The maximum absolute atomic E-state index is 6.18. The molecule has 1 aromatic heterocycles. The highest BCUT2D eigenvalue weighted by atomic mass is 16.5. The monoisotopic (exact) mass is 289 g/mol. The number of nitrogens with two attached hydrogens (primary N) is 1. The summed E-state index contributed by atoms with van der Waals surface area (Å²) in [4.78, 5) is 4.54. The van der Waals surface area contributed by atoms with E-state index in [0.717, 1.165) is 36.0 Å². The largest absolute Gasteiger partial charge is 0.489 e. The summed E-state index contributed by atoms with van der Waals surface area (Å²) in [7, 11) is 1.77. The fraction of sp³-hybridized carbons (Fsp3) is 0.562. The van der Waals surface area contributed by atoms with Crippen LogP contribution < -0.4 is 10.5 Å². The lowest BCUT2D eigenvalue weighted by atomic mass is 10.2. The van der Waals surface area contributed by atoms with Crippen LogP contribution in [0.4, 0.5) is 5.95 Å². The van der Waals surface area contributed by atoms with Crippen molar-refractivity contribution in [3.8, 4) is 5.75 Å². The third-order valence-corrected chi connectivity index (χ3v) is 4.13. The lowest BCUT2D eigenvalue weighted by Gasteiger charge is -2.15. The number of hydrogen-bond acceptors (Lipinski definition) is 4. The molecule has 2 N–H and O–H groups in total. The third kappa shape index (κ3) is 2.58. The molecule has 3 rings (SSSR count). The molecular weight excluding hydrogens is 266 g/mol. The molecule has 21 heavy (non-hydrogen) atoms. The molecule has 1 aromatic carbocycles. The Bertz CT molecular complexity index is 636. The van der Waals surface area contributed by atoms with E-state index in [1.165, 1.54) is 0 Å². The third-order valence-electron chi connectivity index (χ3n) is 4.13. The van der Waals surface area contributed by atoms with Crippen molar-refractivity contribution in [3.05, 3.63) is 18.2 Å². The van der Waals surface area contributed by atoms with Crippen LogP contribution in [0.5, 0.6) is 5.75 Å². The highest BCUT2D eigenvalue weighted by Gasteiger charge is 2.28.